The Balaban J connectivity index is 0.000000312. The minimum atomic E-state index is -0.791. The Morgan fingerprint density at radius 1 is 0.198 bits per heavy atom. The Hall–Kier alpha value is -9.84. The largest absolute Gasteiger partial charge is 0.207 e. The molecular formula is C99H96Br2Cl3F7. The minimum Gasteiger partial charge on any atom is -0.207 e. The molecule has 12 heteroatoms. The average molecular weight is 1690 g/mol. The minimum absolute atomic E-state index is 0.132. The van der Waals surface area contributed by atoms with Crippen molar-refractivity contribution in [1.29, 1.82) is 0 Å². The molecule has 576 valence electrons. The number of halogens is 12. The molecule has 0 nitrogen and oxygen atoms in total. The Labute approximate surface area is 686 Å². The predicted octanol–water partition coefficient (Wildman–Crippen LogP) is 32.7. The fourth-order valence-corrected chi connectivity index (χ4v) is 10.2. The number of fused-ring (bicyclic) bond motifs is 2. The molecule has 15 rings (SSSR count). The molecule has 0 bridgehead atoms. The van der Waals surface area contributed by atoms with Gasteiger partial charge >= 0.3 is 0 Å². The summed E-state index contributed by atoms with van der Waals surface area (Å²) in [6.45, 7) is 25.4. The van der Waals surface area contributed by atoms with Gasteiger partial charge < -0.3 is 0 Å². The summed E-state index contributed by atoms with van der Waals surface area (Å²) >= 11 is 23.7. The van der Waals surface area contributed by atoms with E-state index in [0.717, 1.165) is 64.5 Å². The first-order chi connectivity index (χ1) is 52.9. The van der Waals surface area contributed by atoms with Crippen LogP contribution in [0.25, 0.3) is 21.5 Å². The summed E-state index contributed by atoms with van der Waals surface area (Å²) in [5.41, 5.74) is 14.1. The summed E-state index contributed by atoms with van der Waals surface area (Å²) in [5, 5.41) is 7.78. The van der Waals surface area contributed by atoms with Crippen LogP contribution in [0.2, 0.25) is 15.1 Å². The second-order valence-corrected chi connectivity index (χ2v) is 28.5. The third-order valence-corrected chi connectivity index (χ3v) is 17.1. The van der Waals surface area contributed by atoms with E-state index in [9.17, 15) is 30.7 Å². The van der Waals surface area contributed by atoms with Gasteiger partial charge in [-0.05, 0) is 254 Å². The lowest BCUT2D eigenvalue weighted by atomic mass is 10.1. The van der Waals surface area contributed by atoms with Crippen LogP contribution in [-0.2, 0) is 0 Å². The van der Waals surface area contributed by atoms with E-state index < -0.39 is 23.3 Å². The molecule has 0 aliphatic rings. The average Bonchev–Trinajstić information content (AvgIpc) is 0.845. The highest BCUT2D eigenvalue weighted by molar-refractivity contribution is 9.10. The van der Waals surface area contributed by atoms with Crippen LogP contribution >= 0.6 is 66.7 Å². The molecule has 0 saturated carbocycles. The Kier molecular flexibility index (Phi) is 47.0. The van der Waals surface area contributed by atoms with Gasteiger partial charge in [0.2, 0.25) is 0 Å². The fraction of sp³-hybridized carbons (Fsp3) is 0.131. The van der Waals surface area contributed by atoms with Crippen LogP contribution in [0.3, 0.4) is 0 Å². The highest BCUT2D eigenvalue weighted by atomic mass is 79.9. The van der Waals surface area contributed by atoms with Crippen LogP contribution in [0.5, 0.6) is 0 Å². The summed E-state index contributed by atoms with van der Waals surface area (Å²) in [7, 11) is 0. The van der Waals surface area contributed by atoms with E-state index in [0.29, 0.717) is 11.1 Å². The van der Waals surface area contributed by atoms with Crippen LogP contribution in [0, 0.1) is 131 Å². The Bertz CT molecular complexity index is 4610. The third kappa shape index (κ3) is 44.6. The first kappa shape index (κ1) is 95.4. The van der Waals surface area contributed by atoms with E-state index in [-0.39, 0.29) is 17.5 Å². The predicted molar refractivity (Wildman–Crippen MR) is 470 cm³/mol. The maximum absolute atomic E-state index is 12.3. The van der Waals surface area contributed by atoms with Crippen molar-refractivity contribution in [3.05, 3.63) is 483 Å². The van der Waals surface area contributed by atoms with E-state index in [1.807, 2.05) is 162 Å². The second-order valence-electron chi connectivity index (χ2n) is 25.4. The molecule has 0 radical (unpaired) electrons. The van der Waals surface area contributed by atoms with Crippen molar-refractivity contribution in [2.24, 2.45) is 0 Å². The SMILES string of the molecule is Cc1ccc(Br)cc1.Cc1ccc(Cl)cc1.Cc1ccc(F)c(F)c1.Cc1ccc(F)cc1.Cc1ccc(F)cc1F.Cc1ccc2ccccc2c1.Cc1cccc(Br)c1.Cc1cccc(Cl)c1.Cc1cccc(F)c1.Cc1cccc2ccccc12.Cc1ccccc1.Cc1ccccc1Cl.Cc1ccccc1F. The van der Waals surface area contributed by atoms with Crippen molar-refractivity contribution >= 4 is 88.2 Å². The van der Waals surface area contributed by atoms with E-state index in [2.05, 4.69) is 188 Å². The highest BCUT2D eigenvalue weighted by Gasteiger charge is 1.99. The summed E-state index contributed by atoms with van der Waals surface area (Å²) in [6.07, 6.45) is 0. The zero-order valence-electron chi connectivity index (χ0n) is 64.9. The summed E-state index contributed by atoms with van der Waals surface area (Å²) in [4.78, 5) is 0. The van der Waals surface area contributed by atoms with Gasteiger partial charge in [0.25, 0.3) is 0 Å². The van der Waals surface area contributed by atoms with Crippen LogP contribution in [0.4, 0.5) is 30.7 Å². The van der Waals surface area contributed by atoms with Crippen LogP contribution < -0.4 is 0 Å². The number of benzene rings is 15. The summed E-state index contributed by atoms with van der Waals surface area (Å²) < 4.78 is 87.6. The molecule has 0 spiro atoms. The lowest BCUT2D eigenvalue weighted by molar-refractivity contribution is 0.508. The molecule has 0 amide bonds. The number of rotatable bonds is 0. The smallest absolute Gasteiger partial charge is 0.159 e. The van der Waals surface area contributed by atoms with Crippen molar-refractivity contribution in [2.45, 2.75) is 90.0 Å². The molecule has 0 N–H and O–H groups in total. The molecule has 15 aromatic carbocycles. The van der Waals surface area contributed by atoms with Gasteiger partial charge in [-0.15, -0.1) is 0 Å². The molecule has 0 aromatic heterocycles. The third-order valence-electron chi connectivity index (χ3n) is 15.2. The molecule has 0 fully saturated rings. The maximum Gasteiger partial charge on any atom is 0.159 e. The van der Waals surface area contributed by atoms with Crippen molar-refractivity contribution in [3.8, 4) is 0 Å². The van der Waals surface area contributed by atoms with E-state index in [1.165, 1.54) is 109 Å². The van der Waals surface area contributed by atoms with Crippen LogP contribution in [0.1, 0.15) is 72.3 Å². The quantitative estimate of drug-likeness (QED) is 0.133. The van der Waals surface area contributed by atoms with Gasteiger partial charge in [-0.3, -0.25) is 0 Å². The molecule has 0 heterocycles. The van der Waals surface area contributed by atoms with E-state index in [1.54, 1.807) is 51.1 Å². The molecule has 0 saturated heterocycles. The van der Waals surface area contributed by atoms with Crippen molar-refractivity contribution in [1.82, 2.24) is 0 Å². The molecule has 0 unspecified atom stereocenters. The van der Waals surface area contributed by atoms with Gasteiger partial charge in [-0.2, -0.15) is 0 Å². The molecule has 0 atom stereocenters. The lowest BCUT2D eigenvalue weighted by Crippen LogP contribution is -1.82. The molecule has 15 aromatic rings. The first-order valence-corrected chi connectivity index (χ1v) is 38.1. The van der Waals surface area contributed by atoms with Crippen molar-refractivity contribution < 1.29 is 30.7 Å². The molecule has 0 aliphatic heterocycles. The monoisotopic (exact) mass is 1680 g/mol. The van der Waals surface area contributed by atoms with Crippen molar-refractivity contribution in [2.75, 3.05) is 0 Å². The van der Waals surface area contributed by atoms with Crippen LogP contribution in [0.15, 0.2) is 355 Å². The fourth-order valence-electron chi connectivity index (χ4n) is 8.92. The lowest BCUT2D eigenvalue weighted by Gasteiger charge is -1.98. The normalized spacial score (nSPS) is 9.49. The van der Waals surface area contributed by atoms with Gasteiger partial charge in [-0.1, -0.05) is 337 Å². The topological polar surface area (TPSA) is 0 Å². The highest BCUT2D eigenvalue weighted by Crippen LogP contribution is 2.19. The Morgan fingerprint density at radius 2 is 0.604 bits per heavy atom. The van der Waals surface area contributed by atoms with Gasteiger partial charge in [0.1, 0.15) is 29.1 Å². The molecule has 0 aliphatic carbocycles. The van der Waals surface area contributed by atoms with Gasteiger partial charge in [0.15, 0.2) is 11.6 Å². The number of hydrogen-bond acceptors (Lipinski definition) is 0. The van der Waals surface area contributed by atoms with Gasteiger partial charge in [0, 0.05) is 30.1 Å². The number of hydrogen-bond donors (Lipinski definition) is 0. The van der Waals surface area contributed by atoms with Crippen molar-refractivity contribution in [3.63, 3.8) is 0 Å². The Morgan fingerprint density at radius 3 is 1.02 bits per heavy atom. The second kappa shape index (κ2) is 54.7. The zero-order valence-corrected chi connectivity index (χ0v) is 70.4. The van der Waals surface area contributed by atoms with Gasteiger partial charge in [-0.25, -0.2) is 30.7 Å². The summed E-state index contributed by atoms with van der Waals surface area (Å²) in [5.74, 6) is -3.06. The van der Waals surface area contributed by atoms with Gasteiger partial charge in [0.05, 0.1) is 0 Å². The summed E-state index contributed by atoms with van der Waals surface area (Å²) in [6, 6.07) is 107. The molecular weight excluding hydrogens is 1590 g/mol. The zero-order chi connectivity index (χ0) is 82.0. The first-order valence-electron chi connectivity index (χ1n) is 35.4. The molecule has 111 heavy (non-hydrogen) atoms. The van der Waals surface area contributed by atoms with E-state index in [4.69, 9.17) is 34.8 Å². The number of aryl methyl sites for hydroxylation is 13. The standard InChI is InChI=1S/2C11H10.2C7H7Br.3C7H7Cl.2C7H6F2.3C7H7F.C7H8/c1-9-5-4-7-10-6-2-3-8-11(9)10;1-9-6-7-10-4-2-3-5-11(10)8-9;1-6-2-4-7(8)5-3-6;1-6-3-2-4-7(8)5-6;1-6-2-4-7(8)5-3-6;1-6-3-2-4-7(8)5-6;1-6-4-2-3-5-7(6)8;1-5-2-3-6(8)4-7(5)9;1-5-2-3-6(8)7(9)4-5;1-6-2-4-7(8)5-3-6;1-6-3-2-4-7(8)5-6;1-6-4-2-3-5-7(6)8;1-7-5-3-2-4-6-7/h2*2-8H,1H3;5*2-5H,1H3;2*2-4H,1H3;3*2-5H,1H3;2-6H,1H3. The van der Waals surface area contributed by atoms with Crippen LogP contribution in [-0.4, -0.2) is 0 Å². The maximum atomic E-state index is 12.3. The van der Waals surface area contributed by atoms with E-state index >= 15 is 0 Å².